The Morgan fingerprint density at radius 2 is 1.89 bits per heavy atom. The predicted octanol–water partition coefficient (Wildman–Crippen LogP) is 3.57. The fourth-order valence-electron chi connectivity index (χ4n) is 1.82. The second-order valence-corrected chi connectivity index (χ2v) is 4.28. The highest BCUT2D eigenvalue weighted by molar-refractivity contribution is 5.40. The highest BCUT2D eigenvalue weighted by Gasteiger charge is 2.11. The molecule has 0 fully saturated rings. The molecule has 0 radical (unpaired) electrons. The molecular formula is C15H15F2NO. The molecule has 0 heterocycles. The molecule has 2 rings (SSSR count). The first-order valence-corrected chi connectivity index (χ1v) is 6.03. The van der Waals surface area contributed by atoms with Crippen LogP contribution in [0.5, 0.6) is 11.5 Å². The number of hydrogen-bond donors (Lipinski definition) is 1. The van der Waals surface area contributed by atoms with Crippen molar-refractivity contribution in [3.8, 4) is 11.5 Å². The SMILES string of the molecule is Cc1cc(Oc2c(F)cccc2CCN)ccc1F. The van der Waals surface area contributed by atoms with Gasteiger partial charge in [-0.15, -0.1) is 0 Å². The van der Waals surface area contributed by atoms with E-state index in [1.54, 1.807) is 19.1 Å². The van der Waals surface area contributed by atoms with Gasteiger partial charge in [0.2, 0.25) is 0 Å². The van der Waals surface area contributed by atoms with E-state index >= 15 is 0 Å². The zero-order valence-corrected chi connectivity index (χ0v) is 10.6. The number of nitrogens with two attached hydrogens (primary N) is 1. The third kappa shape index (κ3) is 3.09. The van der Waals surface area contributed by atoms with E-state index in [1.165, 1.54) is 24.3 Å². The van der Waals surface area contributed by atoms with Crippen LogP contribution in [0.15, 0.2) is 36.4 Å². The molecule has 2 N–H and O–H groups in total. The van der Waals surface area contributed by atoms with Crippen molar-refractivity contribution in [1.82, 2.24) is 0 Å². The van der Waals surface area contributed by atoms with Gasteiger partial charge in [0, 0.05) is 0 Å². The Balaban J connectivity index is 2.34. The van der Waals surface area contributed by atoms with Gasteiger partial charge in [0.15, 0.2) is 11.6 Å². The first-order chi connectivity index (χ1) is 9.11. The molecule has 2 nitrogen and oxygen atoms in total. The lowest BCUT2D eigenvalue weighted by molar-refractivity contribution is 0.434. The molecule has 0 unspecified atom stereocenters. The van der Waals surface area contributed by atoms with Crippen molar-refractivity contribution in [3.05, 3.63) is 59.2 Å². The summed E-state index contributed by atoms with van der Waals surface area (Å²) in [6.45, 7) is 2.03. The molecule has 0 aliphatic heterocycles. The Bertz CT molecular complexity index is 584. The van der Waals surface area contributed by atoms with Crippen molar-refractivity contribution >= 4 is 0 Å². The first-order valence-electron chi connectivity index (χ1n) is 6.03. The number of ether oxygens (including phenoxy) is 1. The Morgan fingerprint density at radius 1 is 1.11 bits per heavy atom. The van der Waals surface area contributed by atoms with Crippen LogP contribution in [-0.4, -0.2) is 6.54 Å². The Hall–Kier alpha value is -1.94. The second-order valence-electron chi connectivity index (χ2n) is 4.28. The van der Waals surface area contributed by atoms with Gasteiger partial charge in [-0.2, -0.15) is 0 Å². The molecule has 2 aromatic rings. The van der Waals surface area contributed by atoms with E-state index in [4.69, 9.17) is 10.5 Å². The largest absolute Gasteiger partial charge is 0.454 e. The van der Waals surface area contributed by atoms with Gasteiger partial charge in [-0.05, 0) is 55.3 Å². The summed E-state index contributed by atoms with van der Waals surface area (Å²) in [4.78, 5) is 0. The van der Waals surface area contributed by atoms with Crippen LogP contribution in [-0.2, 0) is 6.42 Å². The van der Waals surface area contributed by atoms with Crippen LogP contribution in [0.25, 0.3) is 0 Å². The van der Waals surface area contributed by atoms with Gasteiger partial charge in [-0.25, -0.2) is 8.78 Å². The van der Waals surface area contributed by atoms with Crippen LogP contribution in [0.3, 0.4) is 0 Å². The summed E-state index contributed by atoms with van der Waals surface area (Å²) in [5.41, 5.74) is 6.64. The van der Waals surface area contributed by atoms with Crippen LogP contribution >= 0.6 is 0 Å². The van der Waals surface area contributed by atoms with Crippen molar-refractivity contribution in [2.45, 2.75) is 13.3 Å². The molecule has 0 saturated carbocycles. The standard InChI is InChI=1S/C15H15F2NO/c1-10-9-12(5-6-13(10)16)19-15-11(7-8-18)3-2-4-14(15)17/h2-6,9H,7-8,18H2,1H3. The van der Waals surface area contributed by atoms with Crippen molar-refractivity contribution in [1.29, 1.82) is 0 Å². The van der Waals surface area contributed by atoms with Crippen molar-refractivity contribution in [3.63, 3.8) is 0 Å². The van der Waals surface area contributed by atoms with Gasteiger partial charge in [-0.3, -0.25) is 0 Å². The van der Waals surface area contributed by atoms with Gasteiger partial charge in [-0.1, -0.05) is 12.1 Å². The summed E-state index contributed by atoms with van der Waals surface area (Å²) in [6, 6.07) is 9.01. The minimum absolute atomic E-state index is 0.152. The number of aryl methyl sites for hydroxylation is 1. The Labute approximate surface area is 110 Å². The highest BCUT2D eigenvalue weighted by atomic mass is 19.1. The quantitative estimate of drug-likeness (QED) is 0.915. The maximum Gasteiger partial charge on any atom is 0.166 e. The van der Waals surface area contributed by atoms with E-state index in [9.17, 15) is 8.78 Å². The smallest absolute Gasteiger partial charge is 0.166 e. The van der Waals surface area contributed by atoms with Gasteiger partial charge < -0.3 is 10.5 Å². The molecule has 19 heavy (non-hydrogen) atoms. The molecule has 2 aromatic carbocycles. The van der Waals surface area contributed by atoms with Gasteiger partial charge >= 0.3 is 0 Å². The highest BCUT2D eigenvalue weighted by Crippen LogP contribution is 2.29. The predicted molar refractivity (Wildman–Crippen MR) is 70.4 cm³/mol. The summed E-state index contributed by atoms with van der Waals surface area (Å²) in [5.74, 6) is -0.211. The summed E-state index contributed by atoms with van der Waals surface area (Å²) in [5, 5.41) is 0. The maximum absolute atomic E-state index is 13.8. The molecule has 0 aromatic heterocycles. The molecule has 100 valence electrons. The second kappa shape index (κ2) is 5.80. The van der Waals surface area contributed by atoms with Gasteiger partial charge in [0.1, 0.15) is 11.6 Å². The topological polar surface area (TPSA) is 35.2 Å². The number of para-hydroxylation sites is 1. The molecule has 0 amide bonds. The van der Waals surface area contributed by atoms with E-state index < -0.39 is 5.82 Å². The van der Waals surface area contributed by atoms with E-state index in [0.717, 1.165) is 0 Å². The average molecular weight is 263 g/mol. The zero-order chi connectivity index (χ0) is 13.8. The number of rotatable bonds is 4. The van der Waals surface area contributed by atoms with Crippen molar-refractivity contribution in [2.75, 3.05) is 6.54 Å². The van der Waals surface area contributed by atoms with Crippen LogP contribution in [0.2, 0.25) is 0 Å². The van der Waals surface area contributed by atoms with Crippen LogP contribution in [0.1, 0.15) is 11.1 Å². The summed E-state index contributed by atoms with van der Waals surface area (Å²) in [7, 11) is 0. The Morgan fingerprint density at radius 3 is 2.58 bits per heavy atom. The fourth-order valence-corrected chi connectivity index (χ4v) is 1.82. The number of benzene rings is 2. The summed E-state index contributed by atoms with van der Waals surface area (Å²) >= 11 is 0. The minimum atomic E-state index is -0.451. The molecule has 4 heteroatoms. The summed E-state index contributed by atoms with van der Waals surface area (Å²) in [6.07, 6.45) is 0.521. The lowest BCUT2D eigenvalue weighted by Crippen LogP contribution is -2.05. The monoisotopic (exact) mass is 263 g/mol. The van der Waals surface area contributed by atoms with E-state index in [-0.39, 0.29) is 11.6 Å². The molecule has 0 bridgehead atoms. The maximum atomic E-state index is 13.8. The fraction of sp³-hybridized carbons (Fsp3) is 0.200. The van der Waals surface area contributed by atoms with Crippen molar-refractivity contribution in [2.24, 2.45) is 5.73 Å². The van der Waals surface area contributed by atoms with Gasteiger partial charge in [0.05, 0.1) is 0 Å². The van der Waals surface area contributed by atoms with E-state index in [2.05, 4.69) is 0 Å². The van der Waals surface area contributed by atoms with Crippen LogP contribution in [0.4, 0.5) is 8.78 Å². The lowest BCUT2D eigenvalue weighted by Gasteiger charge is -2.12. The van der Waals surface area contributed by atoms with E-state index in [0.29, 0.717) is 29.8 Å². The molecule has 0 saturated heterocycles. The average Bonchev–Trinajstić information content (AvgIpc) is 2.38. The number of halogens is 2. The molecule has 0 aliphatic carbocycles. The van der Waals surface area contributed by atoms with Crippen LogP contribution in [0, 0.1) is 18.6 Å². The summed E-state index contributed by atoms with van der Waals surface area (Å²) < 4.78 is 32.5. The normalized spacial score (nSPS) is 10.5. The molecule has 0 aliphatic rings. The van der Waals surface area contributed by atoms with Gasteiger partial charge in [0.25, 0.3) is 0 Å². The molecule has 0 spiro atoms. The third-order valence-corrected chi connectivity index (χ3v) is 2.81. The lowest BCUT2D eigenvalue weighted by atomic mass is 10.1. The zero-order valence-electron chi connectivity index (χ0n) is 10.6. The minimum Gasteiger partial charge on any atom is -0.454 e. The van der Waals surface area contributed by atoms with Crippen LogP contribution < -0.4 is 10.5 Å². The van der Waals surface area contributed by atoms with E-state index in [1.807, 2.05) is 0 Å². The molecule has 0 atom stereocenters. The number of hydrogen-bond acceptors (Lipinski definition) is 2. The molecular weight excluding hydrogens is 248 g/mol. The van der Waals surface area contributed by atoms with Crippen molar-refractivity contribution < 1.29 is 13.5 Å². The first kappa shape index (κ1) is 13.5. The third-order valence-electron chi connectivity index (χ3n) is 2.81. The Kier molecular flexibility index (Phi) is 4.12.